The summed E-state index contributed by atoms with van der Waals surface area (Å²) in [7, 11) is 0. The Morgan fingerprint density at radius 3 is 3.10 bits per heavy atom. The number of carbonyl (C=O) groups excluding carboxylic acids is 1. The van der Waals surface area contributed by atoms with Crippen LogP contribution in [-0.2, 0) is 4.79 Å². The number of amides is 1. The molecule has 1 heterocycles. The van der Waals surface area contributed by atoms with Crippen molar-refractivity contribution in [3.63, 3.8) is 0 Å². The molecule has 1 fully saturated rings. The molecule has 10 heavy (non-hydrogen) atoms. The van der Waals surface area contributed by atoms with Crippen LogP contribution in [0, 0.1) is 0 Å². The van der Waals surface area contributed by atoms with Gasteiger partial charge in [0.25, 0.3) is 0 Å². The molecule has 57 valence electrons. The van der Waals surface area contributed by atoms with Crippen LogP contribution in [0.2, 0.25) is 0 Å². The summed E-state index contributed by atoms with van der Waals surface area (Å²) in [5.41, 5.74) is 5.00. The van der Waals surface area contributed by atoms with E-state index in [0.29, 0.717) is 6.42 Å². The first-order valence-corrected chi connectivity index (χ1v) is 3.44. The highest BCUT2D eigenvalue weighted by molar-refractivity contribution is 5.74. The van der Waals surface area contributed by atoms with E-state index in [9.17, 15) is 4.79 Å². The second-order valence-electron chi connectivity index (χ2n) is 2.45. The SMILES string of the molecule is NC(=O)CC1C[N]CCN1. The standard InChI is InChI=1S/C6H12N3O/c7-6(10)3-5-4-8-1-2-9-5/h5,9H,1-4H2,(H2,7,10). The van der Waals surface area contributed by atoms with Crippen LogP contribution in [0.5, 0.6) is 0 Å². The Kier molecular flexibility index (Phi) is 2.65. The van der Waals surface area contributed by atoms with E-state index < -0.39 is 0 Å². The Balaban J connectivity index is 2.19. The fourth-order valence-electron chi connectivity index (χ4n) is 1.04. The van der Waals surface area contributed by atoms with Gasteiger partial charge in [0.15, 0.2) is 0 Å². The van der Waals surface area contributed by atoms with Gasteiger partial charge in [-0.2, -0.15) is 0 Å². The zero-order chi connectivity index (χ0) is 7.40. The van der Waals surface area contributed by atoms with Gasteiger partial charge >= 0.3 is 0 Å². The van der Waals surface area contributed by atoms with Crippen molar-refractivity contribution in [2.45, 2.75) is 12.5 Å². The summed E-state index contributed by atoms with van der Waals surface area (Å²) in [4.78, 5) is 10.4. The van der Waals surface area contributed by atoms with Gasteiger partial charge in [0.2, 0.25) is 5.91 Å². The van der Waals surface area contributed by atoms with Gasteiger partial charge in [-0.1, -0.05) is 0 Å². The van der Waals surface area contributed by atoms with Crippen LogP contribution in [-0.4, -0.2) is 31.6 Å². The number of primary amides is 1. The lowest BCUT2D eigenvalue weighted by Crippen LogP contribution is -2.46. The maximum Gasteiger partial charge on any atom is 0.219 e. The monoisotopic (exact) mass is 142 g/mol. The average molecular weight is 142 g/mol. The molecule has 1 saturated heterocycles. The third kappa shape index (κ3) is 2.33. The van der Waals surface area contributed by atoms with Gasteiger partial charge in [0.1, 0.15) is 0 Å². The van der Waals surface area contributed by atoms with Crippen molar-refractivity contribution >= 4 is 5.91 Å². The molecule has 1 amide bonds. The highest BCUT2D eigenvalue weighted by Gasteiger charge is 2.14. The molecule has 4 nitrogen and oxygen atoms in total. The van der Waals surface area contributed by atoms with Crippen LogP contribution in [0.15, 0.2) is 0 Å². The predicted molar refractivity (Wildman–Crippen MR) is 37.5 cm³/mol. The molecule has 1 aliphatic rings. The van der Waals surface area contributed by atoms with Crippen molar-refractivity contribution < 1.29 is 4.79 Å². The van der Waals surface area contributed by atoms with Crippen molar-refractivity contribution in [1.29, 1.82) is 0 Å². The van der Waals surface area contributed by atoms with E-state index in [2.05, 4.69) is 10.6 Å². The molecule has 0 saturated carbocycles. The van der Waals surface area contributed by atoms with Gasteiger partial charge in [0.05, 0.1) is 0 Å². The van der Waals surface area contributed by atoms with Crippen LogP contribution in [0.25, 0.3) is 0 Å². The maximum atomic E-state index is 10.4. The Labute approximate surface area is 60.2 Å². The summed E-state index contributed by atoms with van der Waals surface area (Å²) in [6.45, 7) is 2.45. The number of hydrogen-bond donors (Lipinski definition) is 2. The fraction of sp³-hybridized carbons (Fsp3) is 0.833. The number of carbonyl (C=O) groups is 1. The first kappa shape index (κ1) is 7.50. The topological polar surface area (TPSA) is 69.2 Å². The average Bonchev–Trinajstić information content (AvgIpc) is 1.88. The molecule has 0 aromatic rings. The minimum absolute atomic E-state index is 0.186. The number of hydrogen-bond acceptors (Lipinski definition) is 2. The number of piperazine rings is 1. The molecule has 1 atom stereocenters. The van der Waals surface area contributed by atoms with Crippen molar-refractivity contribution in [2.75, 3.05) is 19.6 Å². The largest absolute Gasteiger partial charge is 0.370 e. The van der Waals surface area contributed by atoms with Crippen molar-refractivity contribution in [3.8, 4) is 0 Å². The quantitative estimate of drug-likeness (QED) is 0.489. The summed E-state index contributed by atoms with van der Waals surface area (Å²) >= 11 is 0. The molecule has 4 heteroatoms. The highest BCUT2D eigenvalue weighted by Crippen LogP contribution is 1.92. The normalized spacial score (nSPS) is 26.2. The molecular formula is C6H12N3O. The lowest BCUT2D eigenvalue weighted by molar-refractivity contribution is -0.118. The van der Waals surface area contributed by atoms with E-state index in [-0.39, 0.29) is 11.9 Å². The van der Waals surface area contributed by atoms with Crippen LogP contribution in [0.3, 0.4) is 0 Å². The van der Waals surface area contributed by atoms with Crippen LogP contribution in [0.1, 0.15) is 6.42 Å². The molecule has 1 unspecified atom stereocenters. The fourth-order valence-corrected chi connectivity index (χ4v) is 1.04. The molecular weight excluding hydrogens is 130 g/mol. The highest BCUT2D eigenvalue weighted by atomic mass is 16.1. The van der Waals surface area contributed by atoms with Gasteiger partial charge in [-0.25, -0.2) is 5.32 Å². The van der Waals surface area contributed by atoms with E-state index in [1.54, 1.807) is 0 Å². The van der Waals surface area contributed by atoms with Crippen LogP contribution < -0.4 is 16.4 Å². The molecule has 1 aliphatic heterocycles. The zero-order valence-corrected chi connectivity index (χ0v) is 5.84. The lowest BCUT2D eigenvalue weighted by atomic mass is 10.1. The predicted octanol–water partition coefficient (Wildman–Crippen LogP) is -1.56. The van der Waals surface area contributed by atoms with Gasteiger partial charge in [-0.05, 0) is 0 Å². The van der Waals surface area contributed by atoms with E-state index in [1.807, 2.05) is 0 Å². The van der Waals surface area contributed by atoms with Crippen molar-refractivity contribution in [1.82, 2.24) is 10.6 Å². The third-order valence-electron chi connectivity index (χ3n) is 1.50. The maximum absolute atomic E-state index is 10.4. The molecule has 3 N–H and O–H groups in total. The van der Waals surface area contributed by atoms with Gasteiger partial charge in [-0.15, -0.1) is 0 Å². The molecule has 0 bridgehead atoms. The Morgan fingerprint density at radius 2 is 2.60 bits per heavy atom. The first-order valence-electron chi connectivity index (χ1n) is 3.44. The molecule has 1 rings (SSSR count). The minimum Gasteiger partial charge on any atom is -0.370 e. The second kappa shape index (κ2) is 3.53. The summed E-state index contributed by atoms with van der Waals surface area (Å²) in [5.74, 6) is -0.255. The lowest BCUT2D eigenvalue weighted by Gasteiger charge is -2.21. The molecule has 1 radical (unpaired) electrons. The molecule has 0 aromatic carbocycles. The zero-order valence-electron chi connectivity index (χ0n) is 5.84. The minimum atomic E-state index is -0.255. The molecule has 0 spiro atoms. The van der Waals surface area contributed by atoms with E-state index in [0.717, 1.165) is 19.6 Å². The third-order valence-corrected chi connectivity index (χ3v) is 1.50. The summed E-state index contributed by atoms with van der Waals surface area (Å²) in [5, 5.41) is 7.30. The van der Waals surface area contributed by atoms with E-state index in [4.69, 9.17) is 5.73 Å². The number of nitrogens with zero attached hydrogens (tertiary/aromatic N) is 1. The first-order chi connectivity index (χ1) is 4.79. The van der Waals surface area contributed by atoms with Crippen LogP contribution in [0.4, 0.5) is 0 Å². The summed E-state index contributed by atoms with van der Waals surface area (Å²) < 4.78 is 0. The van der Waals surface area contributed by atoms with Gasteiger partial charge < -0.3 is 11.1 Å². The Morgan fingerprint density at radius 1 is 1.80 bits per heavy atom. The Hall–Kier alpha value is -0.610. The van der Waals surface area contributed by atoms with E-state index >= 15 is 0 Å². The Bertz CT molecular complexity index is 120. The summed E-state index contributed by atoms with van der Waals surface area (Å²) in [6.07, 6.45) is 0.406. The smallest absolute Gasteiger partial charge is 0.219 e. The van der Waals surface area contributed by atoms with Crippen molar-refractivity contribution in [3.05, 3.63) is 0 Å². The number of nitrogens with two attached hydrogens (primary N) is 1. The molecule has 0 aromatic heterocycles. The van der Waals surface area contributed by atoms with Gasteiger partial charge in [-0.3, -0.25) is 4.79 Å². The second-order valence-corrected chi connectivity index (χ2v) is 2.45. The van der Waals surface area contributed by atoms with Crippen LogP contribution >= 0.6 is 0 Å². The number of rotatable bonds is 2. The molecule has 0 aliphatic carbocycles. The van der Waals surface area contributed by atoms with Gasteiger partial charge in [0, 0.05) is 32.1 Å². The summed E-state index contributed by atoms with van der Waals surface area (Å²) in [6, 6.07) is 0.186. The van der Waals surface area contributed by atoms with Crippen molar-refractivity contribution in [2.24, 2.45) is 5.73 Å². The number of nitrogens with one attached hydrogen (secondary N) is 1. The van der Waals surface area contributed by atoms with E-state index in [1.165, 1.54) is 0 Å².